The van der Waals surface area contributed by atoms with E-state index in [0.717, 1.165) is 16.9 Å². The molecule has 1 atom stereocenters. The van der Waals surface area contributed by atoms with Crippen LogP contribution in [0.2, 0.25) is 0 Å². The molecule has 0 heterocycles. The minimum absolute atomic E-state index is 0.124. The number of hydrogen-bond acceptors (Lipinski definition) is 3. The summed E-state index contributed by atoms with van der Waals surface area (Å²) in [4.78, 5) is 11.4. The van der Waals surface area contributed by atoms with Gasteiger partial charge in [-0.25, -0.2) is 0 Å². The largest absolute Gasteiger partial charge is 0.489 e. The van der Waals surface area contributed by atoms with Crippen LogP contribution in [0, 0.1) is 0 Å². The van der Waals surface area contributed by atoms with Crippen LogP contribution in [-0.4, -0.2) is 18.9 Å². The first-order chi connectivity index (χ1) is 11.2. The van der Waals surface area contributed by atoms with Gasteiger partial charge in [-0.05, 0) is 43.7 Å². The average Bonchev–Trinajstić information content (AvgIpc) is 2.61. The standard InChI is InChI=1S/C18H21NO2.C2H6/c1-14(20)18(19-2)12-15-8-10-17(11-9-15)21-13-16-6-4-3-5-7-16;1-2/h3-11,18-19H,12-13H2,1-2H3;1-2H3/t18-;/m1./s1. The Balaban J connectivity index is 0.00000127. The second kappa shape index (κ2) is 10.6. The van der Waals surface area contributed by atoms with Gasteiger partial charge in [0, 0.05) is 0 Å². The quantitative estimate of drug-likeness (QED) is 0.839. The molecule has 0 radical (unpaired) electrons. The maximum Gasteiger partial charge on any atom is 0.147 e. The summed E-state index contributed by atoms with van der Waals surface area (Å²) in [6.45, 7) is 6.17. The SMILES string of the molecule is CC.CN[C@H](Cc1ccc(OCc2ccccc2)cc1)C(C)=O. The molecule has 3 heteroatoms. The molecule has 0 amide bonds. The molecule has 0 saturated heterocycles. The van der Waals surface area contributed by atoms with Crippen molar-refractivity contribution in [2.24, 2.45) is 0 Å². The Hall–Kier alpha value is -2.13. The maximum atomic E-state index is 11.4. The molecule has 23 heavy (non-hydrogen) atoms. The van der Waals surface area contributed by atoms with E-state index in [1.54, 1.807) is 6.92 Å². The number of benzene rings is 2. The number of likely N-dealkylation sites (N-methyl/N-ethyl adjacent to an activating group) is 1. The maximum absolute atomic E-state index is 11.4. The number of carbonyl (C=O) groups is 1. The first-order valence-electron chi connectivity index (χ1n) is 8.12. The van der Waals surface area contributed by atoms with Gasteiger partial charge in [-0.15, -0.1) is 0 Å². The van der Waals surface area contributed by atoms with Crippen LogP contribution in [0.15, 0.2) is 54.6 Å². The fourth-order valence-corrected chi connectivity index (χ4v) is 2.15. The molecule has 1 N–H and O–H groups in total. The molecule has 0 aliphatic carbocycles. The van der Waals surface area contributed by atoms with Crippen LogP contribution >= 0.6 is 0 Å². The highest BCUT2D eigenvalue weighted by Gasteiger charge is 2.11. The summed E-state index contributed by atoms with van der Waals surface area (Å²) in [7, 11) is 1.81. The highest BCUT2D eigenvalue weighted by Crippen LogP contribution is 2.15. The van der Waals surface area contributed by atoms with Gasteiger partial charge in [0.05, 0.1) is 6.04 Å². The third-order valence-corrected chi connectivity index (χ3v) is 3.45. The molecular weight excluding hydrogens is 286 g/mol. The zero-order valence-electron chi connectivity index (χ0n) is 14.5. The van der Waals surface area contributed by atoms with Gasteiger partial charge < -0.3 is 10.1 Å². The summed E-state index contributed by atoms with van der Waals surface area (Å²) in [6.07, 6.45) is 0.699. The number of hydrogen-bond donors (Lipinski definition) is 1. The molecular formula is C20H27NO2. The molecule has 0 spiro atoms. The van der Waals surface area contributed by atoms with Crippen molar-refractivity contribution in [3.05, 3.63) is 65.7 Å². The van der Waals surface area contributed by atoms with Crippen LogP contribution in [-0.2, 0) is 17.8 Å². The number of Topliss-reactive ketones (excluding diaryl/α,β-unsaturated/α-hetero) is 1. The van der Waals surface area contributed by atoms with E-state index >= 15 is 0 Å². The molecule has 0 fully saturated rings. The van der Waals surface area contributed by atoms with Crippen molar-refractivity contribution >= 4 is 5.78 Å². The Labute approximate surface area is 139 Å². The lowest BCUT2D eigenvalue weighted by Gasteiger charge is -2.13. The van der Waals surface area contributed by atoms with Crippen LogP contribution in [0.3, 0.4) is 0 Å². The van der Waals surface area contributed by atoms with Crippen LogP contribution in [0.25, 0.3) is 0 Å². The van der Waals surface area contributed by atoms with E-state index in [2.05, 4.69) is 5.32 Å². The third kappa shape index (κ3) is 6.66. The van der Waals surface area contributed by atoms with Crippen molar-refractivity contribution in [2.75, 3.05) is 7.05 Å². The highest BCUT2D eigenvalue weighted by molar-refractivity contribution is 5.81. The monoisotopic (exact) mass is 313 g/mol. The summed E-state index contributed by atoms with van der Waals surface area (Å²) >= 11 is 0. The van der Waals surface area contributed by atoms with Crippen molar-refractivity contribution in [3.63, 3.8) is 0 Å². The van der Waals surface area contributed by atoms with Crippen molar-refractivity contribution in [3.8, 4) is 5.75 Å². The molecule has 2 aromatic carbocycles. The van der Waals surface area contributed by atoms with Gasteiger partial charge in [-0.1, -0.05) is 56.3 Å². The molecule has 3 nitrogen and oxygen atoms in total. The zero-order chi connectivity index (χ0) is 17.1. The zero-order valence-corrected chi connectivity index (χ0v) is 14.5. The van der Waals surface area contributed by atoms with Gasteiger partial charge >= 0.3 is 0 Å². The molecule has 2 rings (SSSR count). The van der Waals surface area contributed by atoms with Gasteiger partial charge in [0.2, 0.25) is 0 Å². The van der Waals surface area contributed by atoms with Crippen LogP contribution in [0.4, 0.5) is 0 Å². The van der Waals surface area contributed by atoms with Crippen molar-refractivity contribution < 1.29 is 9.53 Å². The third-order valence-electron chi connectivity index (χ3n) is 3.45. The van der Waals surface area contributed by atoms with E-state index in [-0.39, 0.29) is 11.8 Å². The Bertz CT molecular complexity index is 564. The molecule has 0 bridgehead atoms. The van der Waals surface area contributed by atoms with Crippen LogP contribution in [0.5, 0.6) is 5.75 Å². The van der Waals surface area contributed by atoms with Gasteiger partial charge in [0.25, 0.3) is 0 Å². The van der Waals surface area contributed by atoms with Gasteiger partial charge in [-0.3, -0.25) is 4.79 Å². The fourth-order valence-electron chi connectivity index (χ4n) is 2.15. The molecule has 2 aromatic rings. The van der Waals surface area contributed by atoms with E-state index in [1.807, 2.05) is 75.5 Å². The fraction of sp³-hybridized carbons (Fsp3) is 0.350. The lowest BCUT2D eigenvalue weighted by molar-refractivity contribution is -0.118. The second-order valence-electron chi connectivity index (χ2n) is 5.07. The highest BCUT2D eigenvalue weighted by atomic mass is 16.5. The first kappa shape index (κ1) is 18.9. The van der Waals surface area contributed by atoms with Crippen LogP contribution in [0.1, 0.15) is 31.9 Å². The molecule has 124 valence electrons. The second-order valence-corrected chi connectivity index (χ2v) is 5.07. The van der Waals surface area contributed by atoms with Gasteiger partial charge in [0.1, 0.15) is 18.1 Å². The number of nitrogens with one attached hydrogen (secondary N) is 1. The van der Waals surface area contributed by atoms with Crippen LogP contribution < -0.4 is 10.1 Å². The summed E-state index contributed by atoms with van der Waals surface area (Å²) in [5.74, 6) is 0.994. The number of rotatable bonds is 7. The van der Waals surface area contributed by atoms with E-state index < -0.39 is 0 Å². The predicted octanol–water partition coefficient (Wildman–Crippen LogP) is 4.01. The topological polar surface area (TPSA) is 38.3 Å². The molecule has 0 aliphatic heterocycles. The summed E-state index contributed by atoms with van der Waals surface area (Å²) in [6, 6.07) is 17.9. The molecule has 0 saturated carbocycles. The van der Waals surface area contributed by atoms with E-state index in [4.69, 9.17) is 4.74 Å². The molecule has 0 unspecified atom stereocenters. The number of ether oxygens (including phenoxy) is 1. The minimum Gasteiger partial charge on any atom is -0.489 e. The predicted molar refractivity (Wildman–Crippen MR) is 95.8 cm³/mol. The summed E-state index contributed by atoms with van der Waals surface area (Å²) in [5.41, 5.74) is 2.27. The van der Waals surface area contributed by atoms with Gasteiger partial charge in [0.15, 0.2) is 0 Å². The van der Waals surface area contributed by atoms with Crippen molar-refractivity contribution in [1.82, 2.24) is 5.32 Å². The van der Waals surface area contributed by atoms with E-state index in [9.17, 15) is 4.79 Å². The Morgan fingerprint density at radius 3 is 2.13 bits per heavy atom. The van der Waals surface area contributed by atoms with Gasteiger partial charge in [-0.2, -0.15) is 0 Å². The normalized spacial score (nSPS) is 11.1. The summed E-state index contributed by atoms with van der Waals surface area (Å²) in [5, 5.41) is 3.03. The number of ketones is 1. The van der Waals surface area contributed by atoms with Crippen molar-refractivity contribution in [2.45, 2.75) is 39.8 Å². The lowest BCUT2D eigenvalue weighted by Crippen LogP contribution is -2.34. The Kier molecular flexibility index (Phi) is 8.70. The average molecular weight is 313 g/mol. The van der Waals surface area contributed by atoms with E-state index in [1.165, 1.54) is 0 Å². The smallest absolute Gasteiger partial charge is 0.147 e. The van der Waals surface area contributed by atoms with E-state index in [0.29, 0.717) is 13.0 Å². The summed E-state index contributed by atoms with van der Waals surface area (Å²) < 4.78 is 5.74. The molecule has 0 aromatic heterocycles. The Morgan fingerprint density at radius 2 is 1.61 bits per heavy atom. The van der Waals surface area contributed by atoms with Crippen molar-refractivity contribution in [1.29, 1.82) is 0 Å². The Morgan fingerprint density at radius 1 is 1.00 bits per heavy atom. The lowest BCUT2D eigenvalue weighted by atomic mass is 10.0. The first-order valence-corrected chi connectivity index (χ1v) is 8.12. The molecule has 0 aliphatic rings. The number of carbonyl (C=O) groups excluding carboxylic acids is 1. The minimum atomic E-state index is -0.124.